The molecule has 1 aliphatic rings. The summed E-state index contributed by atoms with van der Waals surface area (Å²) >= 11 is 2.30. The summed E-state index contributed by atoms with van der Waals surface area (Å²) in [5, 5.41) is 0. The highest BCUT2D eigenvalue weighted by molar-refractivity contribution is 14.1. The lowest BCUT2D eigenvalue weighted by Crippen LogP contribution is -2.34. The number of alkyl halides is 1. The first-order valence-corrected chi connectivity index (χ1v) is 6.31. The number of hydrogen-bond donors (Lipinski definition) is 0. The molecule has 0 radical (unpaired) electrons. The van der Waals surface area contributed by atoms with Crippen molar-refractivity contribution in [2.24, 2.45) is 11.8 Å². The minimum atomic E-state index is -0.440. The van der Waals surface area contributed by atoms with Crippen LogP contribution in [0.15, 0.2) is 0 Å². The maximum absolute atomic E-state index is 11.6. The number of rotatable bonds is 4. The van der Waals surface area contributed by atoms with Crippen molar-refractivity contribution in [3.05, 3.63) is 0 Å². The van der Waals surface area contributed by atoms with Crippen LogP contribution < -0.4 is 0 Å². The van der Waals surface area contributed by atoms with Crippen molar-refractivity contribution in [3.8, 4) is 0 Å². The molecule has 1 heterocycles. The van der Waals surface area contributed by atoms with E-state index in [1.54, 1.807) is 0 Å². The van der Waals surface area contributed by atoms with E-state index in [-0.39, 0.29) is 17.8 Å². The number of halogens is 1. The molecule has 88 valence electrons. The Kier molecular flexibility index (Phi) is 5.28. The van der Waals surface area contributed by atoms with Gasteiger partial charge in [0.1, 0.15) is 5.92 Å². The molecule has 0 saturated carbocycles. The highest BCUT2D eigenvalue weighted by atomic mass is 127. The van der Waals surface area contributed by atoms with Gasteiger partial charge in [-0.3, -0.25) is 4.79 Å². The van der Waals surface area contributed by atoms with Gasteiger partial charge < -0.3 is 14.2 Å². The molecule has 0 aliphatic carbocycles. The number of hydrogen-bond acceptors (Lipinski definition) is 4. The summed E-state index contributed by atoms with van der Waals surface area (Å²) in [7, 11) is 1.40. The lowest BCUT2D eigenvalue weighted by molar-refractivity contribution is -0.166. The fourth-order valence-electron chi connectivity index (χ4n) is 1.77. The van der Waals surface area contributed by atoms with Gasteiger partial charge in [-0.15, -0.1) is 0 Å². The number of esters is 1. The van der Waals surface area contributed by atoms with Crippen LogP contribution >= 0.6 is 22.6 Å². The van der Waals surface area contributed by atoms with E-state index in [9.17, 15) is 4.79 Å². The molecule has 2 unspecified atom stereocenters. The monoisotopic (exact) mass is 328 g/mol. The highest BCUT2D eigenvalue weighted by Gasteiger charge is 2.45. The van der Waals surface area contributed by atoms with Crippen LogP contribution in [0, 0.1) is 11.8 Å². The summed E-state index contributed by atoms with van der Waals surface area (Å²) in [5.41, 5.74) is 0. The fraction of sp³-hybridized carbons (Fsp3) is 0.900. The van der Waals surface area contributed by atoms with Crippen LogP contribution in [0.2, 0.25) is 0 Å². The molecular weight excluding hydrogens is 311 g/mol. The van der Waals surface area contributed by atoms with Crippen molar-refractivity contribution in [3.63, 3.8) is 0 Å². The van der Waals surface area contributed by atoms with Gasteiger partial charge in [-0.2, -0.15) is 0 Å². The Morgan fingerprint density at radius 2 is 2.33 bits per heavy atom. The van der Waals surface area contributed by atoms with E-state index in [1.807, 2.05) is 6.92 Å². The molecule has 0 amide bonds. The highest BCUT2D eigenvalue weighted by Crippen LogP contribution is 2.34. The molecule has 1 rings (SSSR count). The Bertz CT molecular complexity index is 219. The molecule has 1 saturated heterocycles. The van der Waals surface area contributed by atoms with Gasteiger partial charge in [-0.1, -0.05) is 29.5 Å². The smallest absolute Gasteiger partial charge is 0.314 e. The molecule has 0 spiro atoms. The Morgan fingerprint density at radius 3 is 2.80 bits per heavy atom. The Hall–Kier alpha value is 0.120. The van der Waals surface area contributed by atoms with Crippen LogP contribution in [0.3, 0.4) is 0 Å². The molecule has 0 bridgehead atoms. The van der Waals surface area contributed by atoms with Gasteiger partial charge in [-0.25, -0.2) is 0 Å². The third-order valence-electron chi connectivity index (χ3n) is 2.60. The van der Waals surface area contributed by atoms with E-state index in [0.29, 0.717) is 17.1 Å². The first kappa shape index (κ1) is 13.2. The summed E-state index contributed by atoms with van der Waals surface area (Å²) in [4.78, 5) is 11.6. The number of carbonyl (C=O) groups is 1. The van der Waals surface area contributed by atoms with Gasteiger partial charge in [0, 0.05) is 16.4 Å². The predicted molar refractivity (Wildman–Crippen MR) is 63.8 cm³/mol. The molecule has 1 aliphatic heterocycles. The summed E-state index contributed by atoms with van der Waals surface area (Å²) in [6, 6.07) is 0. The lowest BCUT2D eigenvalue weighted by atomic mass is 9.92. The third-order valence-corrected chi connectivity index (χ3v) is 3.53. The predicted octanol–water partition coefficient (Wildman–Crippen LogP) is 1.61. The molecule has 0 N–H and O–H groups in total. The van der Waals surface area contributed by atoms with Gasteiger partial charge in [0.15, 0.2) is 6.29 Å². The van der Waals surface area contributed by atoms with Crippen molar-refractivity contribution in [1.29, 1.82) is 0 Å². The Morgan fingerprint density at radius 1 is 1.67 bits per heavy atom. The molecule has 0 aromatic heterocycles. The van der Waals surface area contributed by atoms with E-state index in [0.717, 1.165) is 0 Å². The zero-order chi connectivity index (χ0) is 11.4. The summed E-state index contributed by atoms with van der Waals surface area (Å²) in [6.45, 7) is 5.06. The van der Waals surface area contributed by atoms with Gasteiger partial charge in [0.25, 0.3) is 0 Å². The van der Waals surface area contributed by atoms with Crippen molar-refractivity contribution < 1.29 is 19.0 Å². The number of carbonyl (C=O) groups excluding carboxylic acids is 1. The van der Waals surface area contributed by atoms with Crippen molar-refractivity contribution in [1.82, 2.24) is 0 Å². The quantitative estimate of drug-likeness (QED) is 0.447. The average molecular weight is 328 g/mol. The van der Waals surface area contributed by atoms with Gasteiger partial charge in [-0.05, 0) is 6.92 Å². The minimum Gasteiger partial charge on any atom is -0.469 e. The Labute approximate surface area is 104 Å². The zero-order valence-corrected chi connectivity index (χ0v) is 11.4. The van der Waals surface area contributed by atoms with Gasteiger partial charge in [0.05, 0.1) is 13.7 Å². The second kappa shape index (κ2) is 6.00. The van der Waals surface area contributed by atoms with Crippen LogP contribution in [0.4, 0.5) is 0 Å². The third kappa shape index (κ3) is 3.04. The van der Waals surface area contributed by atoms with Gasteiger partial charge in [0.2, 0.25) is 0 Å². The molecule has 4 atom stereocenters. The second-order valence-corrected chi connectivity index (χ2v) is 5.51. The average Bonchev–Trinajstić information content (AvgIpc) is 2.61. The first-order valence-electron chi connectivity index (χ1n) is 5.06. The van der Waals surface area contributed by atoms with Crippen LogP contribution in [0.5, 0.6) is 0 Å². The normalized spacial score (nSPS) is 32.7. The zero-order valence-electron chi connectivity index (χ0n) is 9.23. The van der Waals surface area contributed by atoms with Crippen LogP contribution in [-0.2, 0) is 19.0 Å². The van der Waals surface area contributed by atoms with Gasteiger partial charge >= 0.3 is 5.97 Å². The topological polar surface area (TPSA) is 44.8 Å². The molecule has 5 heteroatoms. The maximum atomic E-state index is 11.6. The molecule has 1 fully saturated rings. The van der Waals surface area contributed by atoms with Crippen LogP contribution in [0.1, 0.15) is 13.8 Å². The van der Waals surface area contributed by atoms with Crippen molar-refractivity contribution in [2.45, 2.75) is 24.1 Å². The summed E-state index contributed by atoms with van der Waals surface area (Å²) in [6.07, 6.45) is -0.440. The SMILES string of the molecule is CCO[C@@H]1OC[C@@H](C(C)I)C1C(=O)OC. The van der Waals surface area contributed by atoms with E-state index in [1.165, 1.54) is 7.11 Å². The maximum Gasteiger partial charge on any atom is 0.314 e. The second-order valence-electron chi connectivity index (χ2n) is 3.55. The van der Waals surface area contributed by atoms with Crippen molar-refractivity contribution >= 4 is 28.6 Å². The Balaban J connectivity index is 2.73. The molecule has 0 aromatic carbocycles. The molecule has 15 heavy (non-hydrogen) atoms. The van der Waals surface area contributed by atoms with E-state index in [4.69, 9.17) is 14.2 Å². The summed E-state index contributed by atoms with van der Waals surface area (Å²) in [5.74, 6) is -0.351. The number of ether oxygens (including phenoxy) is 3. The van der Waals surface area contributed by atoms with Crippen LogP contribution in [-0.4, -0.2) is 36.5 Å². The largest absolute Gasteiger partial charge is 0.469 e. The van der Waals surface area contributed by atoms with Crippen molar-refractivity contribution in [2.75, 3.05) is 20.3 Å². The lowest BCUT2D eigenvalue weighted by Gasteiger charge is -2.21. The first-order chi connectivity index (χ1) is 7.11. The minimum absolute atomic E-state index is 0.176. The molecule has 4 nitrogen and oxygen atoms in total. The van der Waals surface area contributed by atoms with E-state index >= 15 is 0 Å². The standard InChI is InChI=1S/C10H17IO4/c1-4-14-10-8(9(12)13-3)7(5-15-10)6(2)11/h6-8,10H,4-5H2,1-3H3/t6?,7-,8?,10+/m0/s1. The number of methoxy groups -OCH3 is 1. The van der Waals surface area contributed by atoms with E-state index < -0.39 is 6.29 Å². The molecular formula is C10H17IO4. The molecule has 0 aromatic rings. The van der Waals surface area contributed by atoms with E-state index in [2.05, 4.69) is 29.5 Å². The van der Waals surface area contributed by atoms with Crippen LogP contribution in [0.25, 0.3) is 0 Å². The fourth-order valence-corrected chi connectivity index (χ4v) is 2.43. The summed E-state index contributed by atoms with van der Waals surface area (Å²) < 4.78 is 16.0.